The third-order valence-corrected chi connectivity index (χ3v) is 5.43. The largest absolute Gasteiger partial charge is 0.481 e. The number of hydrogen-bond donors (Lipinski definition) is 2. The Morgan fingerprint density at radius 2 is 2.03 bits per heavy atom. The fourth-order valence-electron chi connectivity index (χ4n) is 2.72. The number of amides is 3. The van der Waals surface area contributed by atoms with Gasteiger partial charge in [-0.3, -0.25) is 10.1 Å². The highest BCUT2D eigenvalue weighted by Gasteiger charge is 2.34. The van der Waals surface area contributed by atoms with Gasteiger partial charge in [-0.1, -0.05) is 6.07 Å². The van der Waals surface area contributed by atoms with Crippen LogP contribution in [0.15, 0.2) is 29.2 Å². The lowest BCUT2D eigenvalue weighted by Gasteiger charge is -2.31. The maximum atomic E-state index is 12.8. The number of ether oxygens (including phenoxy) is 2. The molecule has 154 valence electrons. The number of sulfonamides is 1. The van der Waals surface area contributed by atoms with E-state index < -0.39 is 22.2 Å². The molecule has 12 heteroatoms. The van der Waals surface area contributed by atoms with E-state index in [1.165, 1.54) is 38.1 Å². The third kappa shape index (κ3) is 4.06. The minimum Gasteiger partial charge on any atom is -0.481 e. The molecule has 0 saturated heterocycles. The Hall–Kier alpha value is -3.41. The van der Waals surface area contributed by atoms with Gasteiger partial charge in [0.25, 0.3) is 15.9 Å². The van der Waals surface area contributed by atoms with Crippen molar-refractivity contribution in [1.82, 2.24) is 14.7 Å². The van der Waals surface area contributed by atoms with Crippen LogP contribution in [0.4, 0.5) is 16.4 Å². The van der Waals surface area contributed by atoms with Crippen molar-refractivity contribution in [2.24, 2.45) is 0 Å². The summed E-state index contributed by atoms with van der Waals surface area (Å²) in [6.07, 6.45) is -0.870. The highest BCUT2D eigenvalue weighted by atomic mass is 32.2. The van der Waals surface area contributed by atoms with Crippen molar-refractivity contribution in [3.63, 3.8) is 0 Å². The molecule has 0 bridgehead atoms. The Bertz CT molecular complexity index is 1090. The summed E-state index contributed by atoms with van der Waals surface area (Å²) < 4.78 is 37.9. The molecule has 11 nitrogen and oxygen atoms in total. The van der Waals surface area contributed by atoms with Crippen molar-refractivity contribution in [2.75, 3.05) is 24.4 Å². The normalized spacial score (nSPS) is 15.9. The summed E-state index contributed by atoms with van der Waals surface area (Å²) in [5.74, 6) is -0.248. The smallest absolute Gasteiger partial charge is 0.335 e. The van der Waals surface area contributed by atoms with E-state index in [2.05, 4.69) is 15.3 Å². The van der Waals surface area contributed by atoms with Crippen LogP contribution in [-0.4, -0.2) is 50.6 Å². The molecule has 0 spiro atoms. The molecule has 2 N–H and O–H groups in total. The summed E-state index contributed by atoms with van der Waals surface area (Å²) in [4.78, 5) is 33.2. The lowest BCUT2D eigenvalue weighted by Crippen LogP contribution is -2.43. The molecule has 0 saturated carbocycles. The van der Waals surface area contributed by atoms with Gasteiger partial charge in [0.15, 0.2) is 11.9 Å². The lowest BCUT2D eigenvalue weighted by atomic mass is 10.2. The van der Waals surface area contributed by atoms with Crippen LogP contribution in [0.25, 0.3) is 0 Å². The van der Waals surface area contributed by atoms with Crippen LogP contribution < -0.4 is 24.4 Å². The van der Waals surface area contributed by atoms with E-state index in [4.69, 9.17) is 9.47 Å². The number of para-hydroxylation sites is 1. The number of methoxy groups -OCH3 is 1. The Balaban J connectivity index is 1.86. The first kappa shape index (κ1) is 20.3. The quantitative estimate of drug-likeness (QED) is 0.746. The molecule has 1 unspecified atom stereocenters. The maximum Gasteiger partial charge on any atom is 0.335 e. The molecule has 1 aliphatic rings. The molecule has 1 aromatic carbocycles. The number of anilines is 2. The highest BCUT2D eigenvalue weighted by Crippen LogP contribution is 2.38. The van der Waals surface area contributed by atoms with Gasteiger partial charge in [-0.15, -0.1) is 0 Å². The van der Waals surface area contributed by atoms with Gasteiger partial charge in [0.1, 0.15) is 4.90 Å². The summed E-state index contributed by atoms with van der Waals surface area (Å²) in [5, 5.41) is 2.25. The van der Waals surface area contributed by atoms with Crippen molar-refractivity contribution in [1.29, 1.82) is 0 Å². The van der Waals surface area contributed by atoms with Crippen molar-refractivity contribution in [2.45, 2.75) is 24.8 Å². The second-order valence-electron chi connectivity index (χ2n) is 6.20. The van der Waals surface area contributed by atoms with Crippen LogP contribution in [0, 0.1) is 6.92 Å². The van der Waals surface area contributed by atoms with Gasteiger partial charge in [0, 0.05) is 18.8 Å². The Kier molecular flexibility index (Phi) is 5.29. The molecule has 0 radical (unpaired) electrons. The number of nitrogens with zero attached hydrogens (tertiary/aromatic N) is 3. The molecule has 0 fully saturated rings. The first-order valence-corrected chi connectivity index (χ1v) is 9.91. The molecule has 3 rings (SSSR count). The van der Waals surface area contributed by atoms with Crippen LogP contribution in [0.3, 0.4) is 0 Å². The molecule has 1 atom stereocenters. The predicted molar refractivity (Wildman–Crippen MR) is 103 cm³/mol. The number of carbonyl (C=O) groups is 2. The lowest BCUT2D eigenvalue weighted by molar-refractivity contribution is -0.125. The average Bonchev–Trinajstić information content (AvgIpc) is 2.64. The Morgan fingerprint density at radius 1 is 1.31 bits per heavy atom. The average molecular weight is 421 g/mol. The van der Waals surface area contributed by atoms with Crippen LogP contribution in [-0.2, 0) is 14.8 Å². The Morgan fingerprint density at radius 3 is 2.72 bits per heavy atom. The molecule has 1 aliphatic heterocycles. The maximum absolute atomic E-state index is 12.8. The van der Waals surface area contributed by atoms with Crippen molar-refractivity contribution < 1.29 is 27.5 Å². The van der Waals surface area contributed by atoms with E-state index >= 15 is 0 Å². The van der Waals surface area contributed by atoms with E-state index in [9.17, 15) is 18.0 Å². The summed E-state index contributed by atoms with van der Waals surface area (Å²) in [5.41, 5.74) is 0.797. The zero-order chi connectivity index (χ0) is 21.3. The van der Waals surface area contributed by atoms with Gasteiger partial charge < -0.3 is 14.4 Å². The molecule has 1 aromatic heterocycles. The van der Waals surface area contributed by atoms with Crippen LogP contribution in [0.5, 0.6) is 11.6 Å². The van der Waals surface area contributed by atoms with E-state index in [0.29, 0.717) is 5.69 Å². The van der Waals surface area contributed by atoms with E-state index in [-0.39, 0.29) is 34.1 Å². The van der Waals surface area contributed by atoms with Gasteiger partial charge in [-0.05, 0) is 26.0 Å². The number of fused-ring (bicyclic) bond motifs is 1. The molecule has 2 aromatic rings. The topological polar surface area (TPSA) is 140 Å². The third-order valence-electron chi connectivity index (χ3n) is 4.07. The van der Waals surface area contributed by atoms with Gasteiger partial charge in [0.2, 0.25) is 11.8 Å². The number of aryl methyl sites for hydroxylation is 1. The zero-order valence-electron chi connectivity index (χ0n) is 16.1. The number of carbonyl (C=O) groups excluding carboxylic acids is 2. The number of urea groups is 1. The standard InChI is InChI=1S/C17H19N5O6S/c1-9-8-13(27-4)19-16(18-9)20-17(24)21-29(25,26)12-7-5-6-11-14(12)28-10(2)15(23)22(11)3/h5-8,10H,1-4H3,(H2,18,19,20,21,24). The SMILES string of the molecule is COc1cc(C)nc(NC(=O)NS(=O)(=O)c2cccc3c2OC(C)C(=O)N3C)n1. The van der Waals surface area contributed by atoms with Crippen molar-refractivity contribution >= 4 is 33.6 Å². The summed E-state index contributed by atoms with van der Waals surface area (Å²) in [6, 6.07) is 4.75. The van der Waals surface area contributed by atoms with Crippen LogP contribution in [0.2, 0.25) is 0 Å². The summed E-state index contributed by atoms with van der Waals surface area (Å²) >= 11 is 0. The second kappa shape index (κ2) is 7.54. The van der Waals surface area contributed by atoms with E-state index in [1.54, 1.807) is 19.1 Å². The van der Waals surface area contributed by atoms with Crippen molar-refractivity contribution in [3.05, 3.63) is 30.0 Å². The number of aromatic nitrogens is 2. The molecular weight excluding hydrogens is 402 g/mol. The van der Waals surface area contributed by atoms with E-state index in [0.717, 1.165) is 0 Å². The van der Waals surface area contributed by atoms with Crippen LogP contribution in [0.1, 0.15) is 12.6 Å². The predicted octanol–water partition coefficient (Wildman–Crippen LogP) is 1.05. The van der Waals surface area contributed by atoms with Gasteiger partial charge in [0.05, 0.1) is 12.8 Å². The molecular formula is C17H19N5O6S. The fourth-order valence-corrected chi connectivity index (χ4v) is 3.78. The van der Waals surface area contributed by atoms with E-state index in [1.807, 2.05) is 4.72 Å². The number of likely N-dealkylation sites (N-methyl/N-ethyl adjacent to an activating group) is 1. The number of nitrogens with one attached hydrogen (secondary N) is 2. The van der Waals surface area contributed by atoms with Crippen LogP contribution >= 0.6 is 0 Å². The first-order chi connectivity index (χ1) is 13.6. The van der Waals surface area contributed by atoms with Gasteiger partial charge in [-0.25, -0.2) is 22.9 Å². The Labute approximate surface area is 167 Å². The zero-order valence-corrected chi connectivity index (χ0v) is 16.9. The highest BCUT2D eigenvalue weighted by molar-refractivity contribution is 7.90. The molecule has 0 aliphatic carbocycles. The minimum absolute atomic E-state index is 0.0177. The first-order valence-electron chi connectivity index (χ1n) is 8.43. The fraction of sp³-hybridized carbons (Fsp3) is 0.294. The second-order valence-corrected chi connectivity index (χ2v) is 7.85. The van der Waals surface area contributed by atoms with Gasteiger partial charge >= 0.3 is 6.03 Å². The number of hydrogen-bond acceptors (Lipinski definition) is 8. The molecule has 2 heterocycles. The minimum atomic E-state index is -4.32. The van der Waals surface area contributed by atoms with Gasteiger partial charge in [-0.2, -0.15) is 4.98 Å². The summed E-state index contributed by atoms with van der Waals surface area (Å²) in [7, 11) is -1.41. The number of rotatable bonds is 4. The number of benzene rings is 1. The molecule has 29 heavy (non-hydrogen) atoms. The monoisotopic (exact) mass is 421 g/mol. The molecule has 3 amide bonds. The van der Waals surface area contributed by atoms with Crippen molar-refractivity contribution in [3.8, 4) is 11.6 Å². The summed E-state index contributed by atoms with van der Waals surface area (Å²) in [6.45, 7) is 3.17.